The summed E-state index contributed by atoms with van der Waals surface area (Å²) in [6, 6.07) is 1.38. The molecule has 0 spiro atoms. The number of anilines is 1. The number of rotatable bonds is 18. The van der Waals surface area contributed by atoms with Crippen LogP contribution in [-0.2, 0) is 53.7 Å². The van der Waals surface area contributed by atoms with E-state index in [0.717, 1.165) is 17.4 Å². The zero-order chi connectivity index (χ0) is 44.6. The van der Waals surface area contributed by atoms with Gasteiger partial charge in [-0.1, -0.05) is 26.7 Å². The molecule has 2 saturated heterocycles. The Balaban J connectivity index is 1.17. The van der Waals surface area contributed by atoms with E-state index in [1.807, 2.05) is 0 Å². The Kier molecular flexibility index (Phi) is 16.0. The number of likely N-dealkylation sites (tertiary alicyclic amines) is 1. The smallest absolute Gasteiger partial charge is 0.459 e. The number of aliphatic hydroxyl groups is 1. The number of aromatic amines is 1. The summed E-state index contributed by atoms with van der Waals surface area (Å²) in [5.74, 6) is -4.41. The van der Waals surface area contributed by atoms with Crippen LogP contribution in [0.1, 0.15) is 71.1 Å². The van der Waals surface area contributed by atoms with Gasteiger partial charge in [0.25, 0.3) is 5.56 Å². The standard InChI is InChI=1S/C37H52FN8O14P/c1-19(2)32(40)36(53)45-15-23(58-31(49)14-41-34(51)25(42-20(3)47)7-5-4-6-10-39)12-26(45)35(52)43-22-8-9-28-21(11-22)17-56-61(55,60-28)57-18-29-27(48)13-30(59-29)46-16-24(38)33(50)44-37(46)54/h8-9,11,16,19,23,25-27,29-30,32,48H,4-7,10,12-15,17-18,39-40H2,1-3H3,(H,41,51)(H,42,47)(H,43,52)(H,44,50,54)/t23-,25-,26?,27+,29-,30-,32-,61?/m1/s1. The fraction of sp³-hybridized carbons (Fsp3) is 0.595. The number of benzene rings is 1. The number of fused-ring (bicyclic) bond motifs is 1. The van der Waals surface area contributed by atoms with E-state index in [0.29, 0.717) is 31.1 Å². The van der Waals surface area contributed by atoms with E-state index in [1.54, 1.807) is 18.8 Å². The Labute approximate surface area is 348 Å². The second kappa shape index (κ2) is 20.7. The van der Waals surface area contributed by atoms with Crippen LogP contribution in [0.2, 0.25) is 0 Å². The van der Waals surface area contributed by atoms with E-state index >= 15 is 0 Å². The monoisotopic (exact) mass is 882 g/mol. The maximum absolute atomic E-state index is 13.8. The van der Waals surface area contributed by atoms with Gasteiger partial charge in [0.2, 0.25) is 29.4 Å². The van der Waals surface area contributed by atoms with Crippen molar-refractivity contribution in [3.05, 3.63) is 56.6 Å². The average Bonchev–Trinajstić information content (AvgIpc) is 3.80. The molecule has 2 unspecified atom stereocenters. The zero-order valence-corrected chi connectivity index (χ0v) is 34.7. The minimum Gasteiger partial charge on any atom is -0.459 e. The number of aromatic nitrogens is 2. The number of unbranched alkanes of at least 4 members (excludes halogenated alkanes) is 2. The van der Waals surface area contributed by atoms with Gasteiger partial charge in [0.15, 0.2) is 0 Å². The molecule has 0 saturated carbocycles. The quantitative estimate of drug-likeness (QED) is 0.0571. The van der Waals surface area contributed by atoms with Gasteiger partial charge in [0.1, 0.15) is 42.8 Å². The summed E-state index contributed by atoms with van der Waals surface area (Å²) >= 11 is 0. The van der Waals surface area contributed by atoms with Crippen LogP contribution in [0.15, 0.2) is 34.0 Å². The van der Waals surface area contributed by atoms with Crippen molar-refractivity contribution in [2.75, 3.05) is 31.6 Å². The highest BCUT2D eigenvalue weighted by atomic mass is 31.2. The van der Waals surface area contributed by atoms with Crippen LogP contribution in [0.25, 0.3) is 0 Å². The molecule has 1 aromatic heterocycles. The number of hydrogen-bond donors (Lipinski definition) is 7. The summed E-state index contributed by atoms with van der Waals surface area (Å²) in [4.78, 5) is 91.1. The first-order valence-electron chi connectivity index (χ1n) is 19.7. The van der Waals surface area contributed by atoms with Gasteiger partial charge in [-0.25, -0.2) is 9.36 Å². The number of esters is 1. The third kappa shape index (κ3) is 12.3. The van der Waals surface area contributed by atoms with Crippen LogP contribution in [0.4, 0.5) is 10.1 Å². The molecule has 2 aromatic rings. The number of amides is 4. The maximum atomic E-state index is 13.8. The molecule has 4 amide bonds. The first-order valence-corrected chi connectivity index (χ1v) is 21.2. The van der Waals surface area contributed by atoms with E-state index in [2.05, 4.69) is 16.0 Å². The first kappa shape index (κ1) is 47.0. The lowest BCUT2D eigenvalue weighted by Crippen LogP contribution is -2.51. The van der Waals surface area contributed by atoms with Crippen molar-refractivity contribution in [3.63, 3.8) is 0 Å². The summed E-state index contributed by atoms with van der Waals surface area (Å²) in [5.41, 5.74) is 10.1. The summed E-state index contributed by atoms with van der Waals surface area (Å²) in [5, 5.41) is 18.3. The number of H-pyrrole nitrogens is 1. The van der Waals surface area contributed by atoms with Crippen LogP contribution in [0, 0.1) is 11.7 Å². The molecule has 9 N–H and O–H groups in total. The molecule has 5 rings (SSSR count). The molecular weight excluding hydrogens is 830 g/mol. The van der Waals surface area contributed by atoms with E-state index in [-0.39, 0.29) is 43.3 Å². The Bertz CT molecular complexity index is 2120. The number of halogens is 1. The number of nitrogens with two attached hydrogens (primary N) is 2. The van der Waals surface area contributed by atoms with Crippen molar-refractivity contribution in [3.8, 4) is 5.75 Å². The molecule has 4 heterocycles. The second-order valence-corrected chi connectivity index (χ2v) is 16.8. The van der Waals surface area contributed by atoms with Crippen LogP contribution < -0.4 is 43.2 Å². The van der Waals surface area contributed by atoms with Crippen molar-refractivity contribution in [2.45, 2.75) is 109 Å². The van der Waals surface area contributed by atoms with Crippen LogP contribution in [0.5, 0.6) is 5.75 Å². The number of nitrogens with one attached hydrogen (secondary N) is 4. The molecule has 0 bridgehead atoms. The van der Waals surface area contributed by atoms with Crippen molar-refractivity contribution in [1.82, 2.24) is 25.1 Å². The van der Waals surface area contributed by atoms with E-state index in [4.69, 9.17) is 34.5 Å². The zero-order valence-electron chi connectivity index (χ0n) is 33.8. The molecule has 61 heavy (non-hydrogen) atoms. The molecular formula is C37H52FN8O14P. The molecule has 1 aromatic carbocycles. The lowest BCUT2D eigenvalue weighted by molar-refractivity contribution is -0.149. The summed E-state index contributed by atoms with van der Waals surface area (Å²) in [6.45, 7) is 3.76. The first-order chi connectivity index (χ1) is 28.9. The Morgan fingerprint density at radius 3 is 2.59 bits per heavy atom. The van der Waals surface area contributed by atoms with Crippen molar-refractivity contribution >= 4 is 43.1 Å². The number of hydrogen-bond acceptors (Lipinski definition) is 16. The average molecular weight is 883 g/mol. The van der Waals surface area contributed by atoms with Gasteiger partial charge in [-0.15, -0.1) is 0 Å². The number of phosphoric acid groups is 1. The van der Waals surface area contributed by atoms with Gasteiger partial charge < -0.3 is 51.4 Å². The van der Waals surface area contributed by atoms with Gasteiger partial charge in [0.05, 0.1) is 38.1 Å². The second-order valence-electron chi connectivity index (χ2n) is 15.2. The lowest BCUT2D eigenvalue weighted by atomic mass is 10.0. The van der Waals surface area contributed by atoms with Crippen molar-refractivity contribution in [1.29, 1.82) is 0 Å². The predicted octanol–water partition coefficient (Wildman–Crippen LogP) is -0.367. The maximum Gasteiger partial charge on any atom is 0.530 e. The number of nitrogens with zero attached hydrogens (tertiary/aromatic N) is 2. The number of aliphatic hydroxyl groups excluding tert-OH is 1. The van der Waals surface area contributed by atoms with Crippen molar-refractivity contribution in [2.24, 2.45) is 17.4 Å². The lowest BCUT2D eigenvalue weighted by Gasteiger charge is -2.28. The Morgan fingerprint density at radius 2 is 1.89 bits per heavy atom. The van der Waals surface area contributed by atoms with Crippen molar-refractivity contribution < 1.29 is 61.1 Å². The van der Waals surface area contributed by atoms with Gasteiger partial charge >= 0.3 is 19.5 Å². The largest absolute Gasteiger partial charge is 0.530 e. The number of ether oxygens (including phenoxy) is 2. The molecule has 0 radical (unpaired) electrons. The molecule has 3 aliphatic rings. The van der Waals surface area contributed by atoms with Gasteiger partial charge in [-0.2, -0.15) is 4.39 Å². The van der Waals surface area contributed by atoms with Crippen LogP contribution in [0.3, 0.4) is 0 Å². The summed E-state index contributed by atoms with van der Waals surface area (Å²) in [7, 11) is -4.28. The molecule has 24 heteroatoms. The highest BCUT2D eigenvalue weighted by Crippen LogP contribution is 2.55. The molecule has 3 aliphatic heterocycles. The minimum absolute atomic E-state index is 0.0863. The Morgan fingerprint density at radius 1 is 1.13 bits per heavy atom. The highest BCUT2D eigenvalue weighted by molar-refractivity contribution is 7.49. The van der Waals surface area contributed by atoms with E-state index in [9.17, 15) is 47.6 Å². The minimum atomic E-state index is -4.28. The van der Waals surface area contributed by atoms with Gasteiger partial charge in [-0.05, 0) is 43.5 Å². The highest BCUT2D eigenvalue weighted by Gasteiger charge is 2.44. The normalized spacial score (nSPS) is 24.3. The predicted molar refractivity (Wildman–Crippen MR) is 211 cm³/mol. The number of carbonyl (C=O) groups is 5. The summed E-state index contributed by atoms with van der Waals surface area (Å²) < 4.78 is 55.4. The van der Waals surface area contributed by atoms with E-state index in [1.165, 1.54) is 30.0 Å². The molecule has 22 nitrogen and oxygen atoms in total. The molecule has 336 valence electrons. The number of carbonyl (C=O) groups excluding carboxylic acids is 5. The van der Waals surface area contributed by atoms with Crippen LogP contribution >= 0.6 is 7.82 Å². The van der Waals surface area contributed by atoms with E-state index < -0.39 is 110 Å². The topological polar surface area (TPSA) is 315 Å². The summed E-state index contributed by atoms with van der Waals surface area (Å²) in [6.07, 6.45) is -1.59. The molecule has 0 aliphatic carbocycles. The van der Waals surface area contributed by atoms with Gasteiger partial charge in [0, 0.05) is 31.0 Å². The van der Waals surface area contributed by atoms with Crippen LogP contribution in [-0.4, -0.2) is 112 Å². The third-order valence-corrected chi connectivity index (χ3v) is 11.5. The number of phosphoric ester groups is 1. The van der Waals surface area contributed by atoms with Gasteiger partial charge in [-0.3, -0.25) is 47.4 Å². The molecule has 2 fully saturated rings. The fourth-order valence-electron chi connectivity index (χ4n) is 6.86. The SMILES string of the molecule is CC(=O)N[C@H](CCCCCN)C(=O)NCC(=O)O[C@@H]1CC(C(=O)Nc2ccc3c(c2)COP(=O)(OC[C@H]2O[C@@H](n4cc(F)c(=O)[nH]c4=O)C[C@@H]2O)O3)N(C(=O)[C@H](N)C(C)C)C1. The molecule has 8 atom stereocenters. The Hall–Kier alpha value is -5.03. The fourth-order valence-corrected chi connectivity index (χ4v) is 8.09. The third-order valence-electron chi connectivity index (χ3n) is 10.2.